The summed E-state index contributed by atoms with van der Waals surface area (Å²) in [5.41, 5.74) is 0.303. The van der Waals surface area contributed by atoms with Gasteiger partial charge in [0.1, 0.15) is 0 Å². The Labute approximate surface area is 113 Å². The predicted octanol–water partition coefficient (Wildman–Crippen LogP) is 0.950. The van der Waals surface area contributed by atoms with Crippen molar-refractivity contribution in [3.63, 3.8) is 0 Å². The summed E-state index contributed by atoms with van der Waals surface area (Å²) in [5.74, 6) is 0.225. The average Bonchev–Trinajstić information content (AvgIpc) is 3.23. The summed E-state index contributed by atoms with van der Waals surface area (Å²) in [5, 5.41) is 18.6. The van der Waals surface area contributed by atoms with Gasteiger partial charge in [0.15, 0.2) is 0 Å². The van der Waals surface area contributed by atoms with Crippen LogP contribution in [-0.4, -0.2) is 37.5 Å². The molecule has 1 aromatic rings. The highest BCUT2D eigenvalue weighted by Gasteiger charge is 2.33. The normalized spacial score (nSPS) is 17.2. The fraction of sp³-hybridized carbons (Fsp3) is 0.462. The van der Waals surface area contributed by atoms with E-state index in [1.54, 1.807) is 6.07 Å². The first-order chi connectivity index (χ1) is 8.95. The molecule has 0 radical (unpaired) electrons. The second kappa shape index (κ2) is 5.29. The zero-order valence-corrected chi connectivity index (χ0v) is 11.5. The number of likely N-dealkylation sites (N-methyl/N-ethyl adjacent to an activating group) is 1. The van der Waals surface area contributed by atoms with E-state index in [1.807, 2.05) is 6.07 Å². The highest BCUT2D eigenvalue weighted by Crippen LogP contribution is 2.33. The number of sulfonamides is 1. The molecule has 1 fully saturated rings. The third kappa shape index (κ3) is 3.13. The van der Waals surface area contributed by atoms with Crippen LogP contribution < -0.4 is 0 Å². The molecular weight excluding hydrogens is 264 g/mol. The number of hydrogen-bond acceptors (Lipinski definition) is 4. The molecule has 0 amide bonds. The Balaban J connectivity index is 2.18. The van der Waals surface area contributed by atoms with Crippen molar-refractivity contribution in [2.24, 2.45) is 5.92 Å². The van der Waals surface area contributed by atoms with Gasteiger partial charge < -0.3 is 5.11 Å². The monoisotopic (exact) mass is 280 g/mol. The van der Waals surface area contributed by atoms with Gasteiger partial charge in [-0.05, 0) is 37.0 Å². The van der Waals surface area contributed by atoms with Gasteiger partial charge in [-0.15, -0.1) is 0 Å². The van der Waals surface area contributed by atoms with Crippen molar-refractivity contribution in [2.45, 2.75) is 23.8 Å². The maximum atomic E-state index is 12.3. The molecular formula is C13H16N2O3S. The Morgan fingerprint density at radius 3 is 2.79 bits per heavy atom. The van der Waals surface area contributed by atoms with Gasteiger partial charge in [-0.25, -0.2) is 8.42 Å². The molecule has 19 heavy (non-hydrogen) atoms. The minimum Gasteiger partial charge on any atom is -0.391 e. The van der Waals surface area contributed by atoms with Crippen LogP contribution in [0.3, 0.4) is 0 Å². The Morgan fingerprint density at radius 2 is 2.21 bits per heavy atom. The summed E-state index contributed by atoms with van der Waals surface area (Å²) in [6.45, 7) is 0.0871. The number of nitrogens with zero attached hydrogens (tertiary/aromatic N) is 2. The maximum absolute atomic E-state index is 12.3. The predicted molar refractivity (Wildman–Crippen MR) is 69.7 cm³/mol. The Hall–Kier alpha value is -1.42. The van der Waals surface area contributed by atoms with Crippen molar-refractivity contribution in [3.05, 3.63) is 29.8 Å². The lowest BCUT2D eigenvalue weighted by molar-refractivity contribution is 0.131. The highest BCUT2D eigenvalue weighted by molar-refractivity contribution is 7.89. The first-order valence-electron chi connectivity index (χ1n) is 6.09. The van der Waals surface area contributed by atoms with Crippen molar-refractivity contribution in [2.75, 3.05) is 13.6 Å². The summed E-state index contributed by atoms with van der Waals surface area (Å²) < 4.78 is 25.7. The summed E-state index contributed by atoms with van der Waals surface area (Å²) in [4.78, 5) is 0.0806. The van der Waals surface area contributed by atoms with E-state index in [4.69, 9.17) is 5.26 Å². The standard InChI is InChI=1S/C13H16N2O3S/c1-15(9-13(16)11-5-6-11)19(17,18)12-4-2-3-10(7-12)8-14/h2-4,7,11,13,16H,5-6,9H2,1H3. The quantitative estimate of drug-likeness (QED) is 0.870. The van der Waals surface area contributed by atoms with E-state index in [9.17, 15) is 13.5 Å². The number of rotatable bonds is 5. The molecule has 1 aromatic carbocycles. The molecule has 0 aliphatic heterocycles. The van der Waals surface area contributed by atoms with Gasteiger partial charge in [-0.3, -0.25) is 0 Å². The van der Waals surface area contributed by atoms with E-state index in [0.717, 1.165) is 17.1 Å². The van der Waals surface area contributed by atoms with E-state index < -0.39 is 16.1 Å². The number of nitriles is 1. The van der Waals surface area contributed by atoms with Crippen LogP contribution in [0.25, 0.3) is 0 Å². The zero-order valence-electron chi connectivity index (χ0n) is 10.7. The molecule has 0 heterocycles. The minimum absolute atomic E-state index is 0.0806. The van der Waals surface area contributed by atoms with Crippen LogP contribution >= 0.6 is 0 Å². The smallest absolute Gasteiger partial charge is 0.242 e. The molecule has 1 unspecified atom stereocenters. The number of aliphatic hydroxyl groups is 1. The average molecular weight is 280 g/mol. The first kappa shape index (κ1) is 14.0. The van der Waals surface area contributed by atoms with E-state index in [1.165, 1.54) is 25.2 Å². The Kier molecular flexibility index (Phi) is 3.90. The molecule has 102 valence electrons. The van der Waals surface area contributed by atoms with Crippen molar-refractivity contribution in [1.82, 2.24) is 4.31 Å². The van der Waals surface area contributed by atoms with Crippen LogP contribution in [0.5, 0.6) is 0 Å². The van der Waals surface area contributed by atoms with Crippen molar-refractivity contribution in [1.29, 1.82) is 5.26 Å². The number of benzene rings is 1. The van der Waals surface area contributed by atoms with Crippen LogP contribution in [0.15, 0.2) is 29.2 Å². The van der Waals surface area contributed by atoms with Crippen LogP contribution in [0.2, 0.25) is 0 Å². The van der Waals surface area contributed by atoms with Crippen LogP contribution in [0.1, 0.15) is 18.4 Å². The fourth-order valence-corrected chi connectivity index (χ4v) is 3.13. The summed E-state index contributed by atoms with van der Waals surface area (Å²) in [6, 6.07) is 7.80. The third-order valence-corrected chi connectivity index (χ3v) is 5.10. The SMILES string of the molecule is CN(CC(O)C1CC1)S(=O)(=O)c1cccc(C#N)c1. The lowest BCUT2D eigenvalue weighted by Gasteiger charge is -2.20. The lowest BCUT2D eigenvalue weighted by atomic mass is 10.2. The number of aliphatic hydroxyl groups excluding tert-OH is 1. The van der Waals surface area contributed by atoms with Crippen molar-refractivity contribution >= 4 is 10.0 Å². The van der Waals surface area contributed by atoms with Crippen LogP contribution in [0, 0.1) is 17.2 Å². The molecule has 2 rings (SSSR count). The van der Waals surface area contributed by atoms with Gasteiger partial charge >= 0.3 is 0 Å². The van der Waals surface area contributed by atoms with Crippen LogP contribution in [-0.2, 0) is 10.0 Å². The zero-order chi connectivity index (χ0) is 14.0. The lowest BCUT2D eigenvalue weighted by Crippen LogP contribution is -2.35. The largest absolute Gasteiger partial charge is 0.391 e. The molecule has 0 bridgehead atoms. The van der Waals surface area contributed by atoms with E-state index in [-0.39, 0.29) is 17.4 Å². The molecule has 1 saturated carbocycles. The van der Waals surface area contributed by atoms with Gasteiger partial charge in [0.05, 0.1) is 22.6 Å². The molecule has 0 saturated heterocycles. The van der Waals surface area contributed by atoms with E-state index in [0.29, 0.717) is 5.56 Å². The molecule has 1 aliphatic carbocycles. The summed E-state index contributed by atoms with van der Waals surface area (Å²) in [6.07, 6.45) is 1.30. The Bertz CT molecular complexity index is 603. The third-order valence-electron chi connectivity index (χ3n) is 3.28. The summed E-state index contributed by atoms with van der Waals surface area (Å²) >= 11 is 0. The molecule has 0 spiro atoms. The fourth-order valence-electron chi connectivity index (χ4n) is 1.90. The molecule has 0 aromatic heterocycles. The topological polar surface area (TPSA) is 81.4 Å². The molecule has 6 heteroatoms. The van der Waals surface area contributed by atoms with Gasteiger partial charge in [0, 0.05) is 13.6 Å². The molecule has 1 aliphatic rings. The van der Waals surface area contributed by atoms with Crippen molar-refractivity contribution < 1.29 is 13.5 Å². The van der Waals surface area contributed by atoms with E-state index in [2.05, 4.69) is 0 Å². The molecule has 1 atom stereocenters. The van der Waals surface area contributed by atoms with Gasteiger partial charge in [-0.1, -0.05) is 6.07 Å². The molecule has 1 N–H and O–H groups in total. The summed E-state index contributed by atoms with van der Waals surface area (Å²) in [7, 11) is -2.21. The van der Waals surface area contributed by atoms with Crippen LogP contribution in [0.4, 0.5) is 0 Å². The van der Waals surface area contributed by atoms with E-state index >= 15 is 0 Å². The second-order valence-electron chi connectivity index (χ2n) is 4.83. The minimum atomic E-state index is -3.65. The van der Waals surface area contributed by atoms with Crippen molar-refractivity contribution in [3.8, 4) is 6.07 Å². The first-order valence-corrected chi connectivity index (χ1v) is 7.53. The maximum Gasteiger partial charge on any atom is 0.242 e. The second-order valence-corrected chi connectivity index (χ2v) is 6.87. The number of hydrogen-bond donors (Lipinski definition) is 1. The molecule has 5 nitrogen and oxygen atoms in total. The van der Waals surface area contributed by atoms with Gasteiger partial charge in [-0.2, -0.15) is 9.57 Å². The Morgan fingerprint density at radius 1 is 1.53 bits per heavy atom. The highest BCUT2D eigenvalue weighted by atomic mass is 32.2. The van der Waals surface area contributed by atoms with Gasteiger partial charge in [0.2, 0.25) is 10.0 Å². The van der Waals surface area contributed by atoms with Gasteiger partial charge in [0.25, 0.3) is 0 Å².